The maximum Gasteiger partial charge on any atom is 0.304 e. The number of carbonyl (C=O) groups is 1. The average Bonchev–Trinajstić information content (AvgIpc) is 2.35. The van der Waals surface area contributed by atoms with Crippen LogP contribution in [0.1, 0.15) is 23.7 Å². The Morgan fingerprint density at radius 3 is 2.79 bits per heavy atom. The van der Waals surface area contributed by atoms with Gasteiger partial charge in [0.1, 0.15) is 0 Å². The molecule has 0 aliphatic heterocycles. The van der Waals surface area contributed by atoms with Crippen molar-refractivity contribution in [1.29, 1.82) is 0 Å². The lowest BCUT2D eigenvalue weighted by Crippen LogP contribution is -2.33. The first-order valence-corrected chi connectivity index (χ1v) is 7.08. The van der Waals surface area contributed by atoms with E-state index in [1.165, 1.54) is 6.07 Å². The zero-order valence-corrected chi connectivity index (χ0v) is 11.5. The second kappa shape index (κ2) is 7.08. The third-order valence-electron chi connectivity index (χ3n) is 2.54. The first-order valence-electron chi connectivity index (χ1n) is 5.69. The maximum atomic E-state index is 13.4. The Kier molecular flexibility index (Phi) is 5.75. The number of benzene rings is 1. The molecular weight excluding hydrogens is 271 g/mol. The molecule has 0 saturated carbocycles. The van der Waals surface area contributed by atoms with E-state index in [0.717, 1.165) is 24.3 Å². The van der Waals surface area contributed by atoms with E-state index in [4.69, 9.17) is 0 Å². The van der Waals surface area contributed by atoms with Gasteiger partial charge in [-0.2, -0.15) is 16.2 Å². The minimum absolute atomic E-state index is 0.0294. The Hall–Kier alpha value is -1.63. The summed E-state index contributed by atoms with van der Waals surface area (Å²) in [5.41, 5.74) is -0.550. The summed E-state index contributed by atoms with van der Waals surface area (Å²) in [5, 5.41) is 13.2. The van der Waals surface area contributed by atoms with Crippen LogP contribution in [0, 0.1) is 15.9 Å². The van der Waals surface area contributed by atoms with Crippen molar-refractivity contribution in [3.05, 3.63) is 39.7 Å². The van der Waals surface area contributed by atoms with Crippen LogP contribution < -0.4 is 5.32 Å². The van der Waals surface area contributed by atoms with Gasteiger partial charge in [0.15, 0.2) is 0 Å². The Bertz CT molecular complexity index is 482. The van der Waals surface area contributed by atoms with Crippen LogP contribution in [0.15, 0.2) is 18.2 Å². The van der Waals surface area contributed by atoms with Gasteiger partial charge in [-0.1, -0.05) is 0 Å². The minimum Gasteiger partial charge on any atom is -0.350 e. The van der Waals surface area contributed by atoms with Gasteiger partial charge >= 0.3 is 5.69 Å². The van der Waals surface area contributed by atoms with Gasteiger partial charge in [-0.3, -0.25) is 14.9 Å². The molecule has 1 N–H and O–H groups in total. The molecule has 0 bridgehead atoms. The molecule has 0 aliphatic carbocycles. The molecule has 1 aromatic carbocycles. The standard InChI is InChI=1S/C12H15FN2O3S/c1-8(5-6-19-2)14-12(16)9-3-4-11(15(17)18)10(13)7-9/h3-4,7-8H,5-6H2,1-2H3,(H,14,16). The van der Waals surface area contributed by atoms with Crippen LogP contribution in [0.4, 0.5) is 10.1 Å². The number of nitrogens with one attached hydrogen (secondary N) is 1. The lowest BCUT2D eigenvalue weighted by atomic mass is 10.1. The molecule has 19 heavy (non-hydrogen) atoms. The quantitative estimate of drug-likeness (QED) is 0.644. The van der Waals surface area contributed by atoms with Gasteiger partial charge in [0.2, 0.25) is 5.82 Å². The molecule has 1 amide bonds. The predicted molar refractivity (Wildman–Crippen MR) is 73.0 cm³/mol. The number of amides is 1. The van der Waals surface area contributed by atoms with Crippen molar-refractivity contribution < 1.29 is 14.1 Å². The fraction of sp³-hybridized carbons (Fsp3) is 0.417. The van der Waals surface area contributed by atoms with Crippen LogP contribution in [0.3, 0.4) is 0 Å². The highest BCUT2D eigenvalue weighted by molar-refractivity contribution is 7.98. The lowest BCUT2D eigenvalue weighted by molar-refractivity contribution is -0.387. The van der Waals surface area contributed by atoms with E-state index >= 15 is 0 Å². The molecule has 1 unspecified atom stereocenters. The highest BCUT2D eigenvalue weighted by Gasteiger charge is 2.17. The summed E-state index contributed by atoms with van der Waals surface area (Å²) in [4.78, 5) is 21.4. The molecule has 104 valence electrons. The number of carbonyl (C=O) groups excluding carboxylic acids is 1. The Balaban J connectivity index is 2.72. The van der Waals surface area contributed by atoms with Gasteiger partial charge < -0.3 is 5.32 Å². The molecule has 0 aliphatic rings. The number of hydrogen-bond acceptors (Lipinski definition) is 4. The number of nitro benzene ring substituents is 1. The summed E-state index contributed by atoms with van der Waals surface area (Å²) in [6.45, 7) is 1.86. The zero-order valence-electron chi connectivity index (χ0n) is 10.7. The van der Waals surface area contributed by atoms with Crippen molar-refractivity contribution in [2.45, 2.75) is 19.4 Å². The van der Waals surface area contributed by atoms with E-state index in [1.807, 2.05) is 13.2 Å². The van der Waals surface area contributed by atoms with E-state index in [9.17, 15) is 19.3 Å². The molecule has 5 nitrogen and oxygen atoms in total. The van der Waals surface area contributed by atoms with Crippen LogP contribution in [0.2, 0.25) is 0 Å². The third-order valence-corrected chi connectivity index (χ3v) is 3.18. The zero-order chi connectivity index (χ0) is 14.4. The summed E-state index contributed by atoms with van der Waals surface area (Å²) in [7, 11) is 0. The van der Waals surface area contributed by atoms with Crippen molar-refractivity contribution in [3.63, 3.8) is 0 Å². The number of nitro groups is 1. The van der Waals surface area contributed by atoms with Gasteiger partial charge in [0.05, 0.1) is 4.92 Å². The largest absolute Gasteiger partial charge is 0.350 e. The van der Waals surface area contributed by atoms with Gasteiger partial charge in [-0.05, 0) is 37.5 Å². The molecule has 1 rings (SSSR count). The van der Waals surface area contributed by atoms with Crippen molar-refractivity contribution in [2.24, 2.45) is 0 Å². The van der Waals surface area contributed by atoms with Crippen LogP contribution in [-0.4, -0.2) is 28.9 Å². The second-order valence-corrected chi connectivity index (χ2v) is 5.06. The smallest absolute Gasteiger partial charge is 0.304 e. The van der Waals surface area contributed by atoms with Gasteiger partial charge in [0.25, 0.3) is 5.91 Å². The fourth-order valence-corrected chi connectivity index (χ4v) is 2.06. The molecule has 0 spiro atoms. The topological polar surface area (TPSA) is 72.2 Å². The van der Waals surface area contributed by atoms with E-state index in [1.54, 1.807) is 11.8 Å². The van der Waals surface area contributed by atoms with E-state index in [0.29, 0.717) is 0 Å². The lowest BCUT2D eigenvalue weighted by Gasteiger charge is -2.13. The normalized spacial score (nSPS) is 11.9. The van der Waals surface area contributed by atoms with Crippen molar-refractivity contribution in [3.8, 4) is 0 Å². The second-order valence-electron chi connectivity index (χ2n) is 4.08. The molecule has 0 aromatic heterocycles. The molecule has 1 aromatic rings. The van der Waals surface area contributed by atoms with Crippen LogP contribution in [-0.2, 0) is 0 Å². The van der Waals surface area contributed by atoms with Gasteiger partial charge in [0, 0.05) is 17.7 Å². The molecule has 0 radical (unpaired) electrons. The Morgan fingerprint density at radius 2 is 2.26 bits per heavy atom. The summed E-state index contributed by atoms with van der Waals surface area (Å²) in [6.07, 6.45) is 2.78. The van der Waals surface area contributed by atoms with Gasteiger partial charge in [-0.25, -0.2) is 0 Å². The summed E-state index contributed by atoms with van der Waals surface area (Å²) in [6, 6.07) is 3.10. The number of hydrogen-bond donors (Lipinski definition) is 1. The van der Waals surface area contributed by atoms with Crippen molar-refractivity contribution >= 4 is 23.4 Å². The third kappa shape index (κ3) is 4.51. The summed E-state index contributed by atoms with van der Waals surface area (Å²) >= 11 is 1.67. The number of halogens is 1. The van der Waals surface area contributed by atoms with E-state index in [-0.39, 0.29) is 11.6 Å². The number of thioether (sulfide) groups is 1. The number of nitrogens with zero attached hydrogens (tertiary/aromatic N) is 1. The van der Waals surface area contributed by atoms with E-state index < -0.39 is 22.3 Å². The summed E-state index contributed by atoms with van der Waals surface area (Å²) < 4.78 is 13.4. The fourth-order valence-electron chi connectivity index (χ4n) is 1.47. The van der Waals surface area contributed by atoms with Crippen LogP contribution in [0.5, 0.6) is 0 Å². The predicted octanol–water partition coefficient (Wildman–Crippen LogP) is 2.61. The number of rotatable bonds is 6. The molecule has 7 heteroatoms. The van der Waals surface area contributed by atoms with Crippen LogP contribution >= 0.6 is 11.8 Å². The van der Waals surface area contributed by atoms with Crippen molar-refractivity contribution in [1.82, 2.24) is 5.32 Å². The molecule has 0 heterocycles. The minimum atomic E-state index is -1.01. The SMILES string of the molecule is CSCCC(C)NC(=O)c1ccc([N+](=O)[O-])c(F)c1. The Morgan fingerprint density at radius 1 is 1.58 bits per heavy atom. The molecular formula is C12H15FN2O3S. The Labute approximate surface area is 114 Å². The molecule has 1 atom stereocenters. The first-order chi connectivity index (χ1) is 8.95. The van der Waals surface area contributed by atoms with E-state index in [2.05, 4.69) is 5.32 Å². The van der Waals surface area contributed by atoms with Crippen LogP contribution in [0.25, 0.3) is 0 Å². The molecule has 0 saturated heterocycles. The first kappa shape index (κ1) is 15.4. The average molecular weight is 286 g/mol. The monoisotopic (exact) mass is 286 g/mol. The highest BCUT2D eigenvalue weighted by Crippen LogP contribution is 2.18. The van der Waals surface area contributed by atoms with Crippen molar-refractivity contribution in [2.75, 3.05) is 12.0 Å². The highest BCUT2D eigenvalue weighted by atomic mass is 32.2. The van der Waals surface area contributed by atoms with Gasteiger partial charge in [-0.15, -0.1) is 0 Å². The molecule has 0 fully saturated rings. The summed E-state index contributed by atoms with van der Waals surface area (Å²) in [5.74, 6) is -0.521. The maximum absolute atomic E-state index is 13.4.